The summed E-state index contributed by atoms with van der Waals surface area (Å²) in [6.45, 7) is 6.79. The summed E-state index contributed by atoms with van der Waals surface area (Å²) in [6.07, 6.45) is 3.86. The highest BCUT2D eigenvalue weighted by Crippen LogP contribution is 2.14. The summed E-state index contributed by atoms with van der Waals surface area (Å²) in [4.78, 5) is 0. The molecular formula is C9H21N. The minimum atomic E-state index is 0.731. The van der Waals surface area contributed by atoms with Gasteiger partial charge in [0.25, 0.3) is 0 Å². The summed E-state index contributed by atoms with van der Waals surface area (Å²) < 4.78 is 0. The van der Waals surface area contributed by atoms with Crippen LogP contribution >= 0.6 is 0 Å². The molecule has 0 saturated carbocycles. The molecule has 0 aliphatic carbocycles. The molecule has 1 N–H and O–H groups in total. The number of nitrogens with one attached hydrogen (secondary N) is 1. The molecule has 0 aliphatic rings. The predicted octanol–water partition coefficient (Wildman–Crippen LogP) is 2.42. The Bertz CT molecular complexity index is 53.1. The van der Waals surface area contributed by atoms with Crippen molar-refractivity contribution >= 4 is 0 Å². The quantitative estimate of drug-likeness (QED) is 0.623. The van der Waals surface area contributed by atoms with E-state index in [-0.39, 0.29) is 0 Å². The van der Waals surface area contributed by atoms with Gasteiger partial charge in [-0.2, -0.15) is 0 Å². The van der Waals surface area contributed by atoms with E-state index in [2.05, 4.69) is 33.1 Å². The molecule has 0 saturated heterocycles. The van der Waals surface area contributed by atoms with Crippen LogP contribution in [0.3, 0.4) is 0 Å². The van der Waals surface area contributed by atoms with Crippen molar-refractivity contribution in [3.8, 4) is 0 Å². The summed E-state index contributed by atoms with van der Waals surface area (Å²) in [7, 11) is 2.06. The SMILES string of the molecule is CCC(CC)[C@H](CC)NC. The molecule has 0 bridgehead atoms. The van der Waals surface area contributed by atoms with E-state index in [9.17, 15) is 0 Å². The molecule has 1 atom stereocenters. The summed E-state index contributed by atoms with van der Waals surface area (Å²) in [6, 6.07) is 0.731. The zero-order valence-electron chi connectivity index (χ0n) is 7.78. The smallest absolute Gasteiger partial charge is 0.00894 e. The maximum Gasteiger partial charge on any atom is 0.00894 e. The van der Waals surface area contributed by atoms with E-state index in [1.807, 2.05) is 0 Å². The maximum absolute atomic E-state index is 3.35. The summed E-state index contributed by atoms with van der Waals surface area (Å²) in [5, 5.41) is 3.35. The molecule has 0 aliphatic heterocycles. The summed E-state index contributed by atoms with van der Waals surface area (Å²) in [5.41, 5.74) is 0. The van der Waals surface area contributed by atoms with Crippen molar-refractivity contribution in [2.45, 2.75) is 46.1 Å². The Balaban J connectivity index is 3.70. The fraction of sp³-hybridized carbons (Fsp3) is 1.00. The molecule has 0 aromatic rings. The Kier molecular flexibility index (Phi) is 5.70. The molecule has 0 spiro atoms. The van der Waals surface area contributed by atoms with Crippen LogP contribution in [0, 0.1) is 5.92 Å². The molecule has 1 nitrogen and oxygen atoms in total. The molecule has 1 heteroatoms. The van der Waals surface area contributed by atoms with Crippen molar-refractivity contribution in [1.29, 1.82) is 0 Å². The molecule has 0 aromatic carbocycles. The van der Waals surface area contributed by atoms with Gasteiger partial charge in [-0.15, -0.1) is 0 Å². The van der Waals surface area contributed by atoms with Crippen LogP contribution in [0.2, 0.25) is 0 Å². The Labute approximate surface area is 65.2 Å². The van der Waals surface area contributed by atoms with Gasteiger partial charge in [0.1, 0.15) is 0 Å². The lowest BCUT2D eigenvalue weighted by molar-refractivity contribution is 0.343. The van der Waals surface area contributed by atoms with Crippen LogP contribution < -0.4 is 5.32 Å². The minimum absolute atomic E-state index is 0.731. The number of hydrogen-bond donors (Lipinski definition) is 1. The summed E-state index contributed by atoms with van der Waals surface area (Å²) >= 11 is 0. The first-order valence-corrected chi connectivity index (χ1v) is 4.47. The Hall–Kier alpha value is -0.0400. The van der Waals surface area contributed by atoms with E-state index in [1.165, 1.54) is 19.3 Å². The predicted molar refractivity (Wildman–Crippen MR) is 47.2 cm³/mol. The minimum Gasteiger partial charge on any atom is -0.317 e. The van der Waals surface area contributed by atoms with Crippen LogP contribution in [0.15, 0.2) is 0 Å². The van der Waals surface area contributed by atoms with Gasteiger partial charge in [0.05, 0.1) is 0 Å². The van der Waals surface area contributed by atoms with Crippen molar-refractivity contribution in [1.82, 2.24) is 5.32 Å². The molecule has 0 amide bonds. The lowest BCUT2D eigenvalue weighted by Gasteiger charge is -2.23. The number of rotatable bonds is 5. The third-order valence-corrected chi connectivity index (χ3v) is 2.43. The second-order valence-corrected chi connectivity index (χ2v) is 2.88. The van der Waals surface area contributed by atoms with Crippen LogP contribution in [-0.4, -0.2) is 13.1 Å². The fourth-order valence-corrected chi connectivity index (χ4v) is 1.63. The van der Waals surface area contributed by atoms with E-state index >= 15 is 0 Å². The fourth-order valence-electron chi connectivity index (χ4n) is 1.63. The normalized spacial score (nSPS) is 14.1. The van der Waals surface area contributed by atoms with Gasteiger partial charge >= 0.3 is 0 Å². The van der Waals surface area contributed by atoms with Crippen molar-refractivity contribution in [2.75, 3.05) is 7.05 Å². The largest absolute Gasteiger partial charge is 0.317 e. The van der Waals surface area contributed by atoms with Crippen molar-refractivity contribution in [3.63, 3.8) is 0 Å². The molecule has 0 unspecified atom stereocenters. The maximum atomic E-state index is 3.35. The molecule has 0 fully saturated rings. The standard InChI is InChI=1S/C9H21N/c1-5-8(6-2)9(7-3)10-4/h8-10H,5-7H2,1-4H3/t9-/m0/s1. The number of hydrogen-bond acceptors (Lipinski definition) is 1. The van der Waals surface area contributed by atoms with Gasteiger partial charge in [0.15, 0.2) is 0 Å². The molecule has 0 aromatic heterocycles. The Morgan fingerprint density at radius 2 is 1.50 bits per heavy atom. The van der Waals surface area contributed by atoms with Crippen LogP contribution in [0.25, 0.3) is 0 Å². The van der Waals surface area contributed by atoms with E-state index in [0.717, 1.165) is 12.0 Å². The van der Waals surface area contributed by atoms with Crippen LogP contribution in [-0.2, 0) is 0 Å². The highest BCUT2D eigenvalue weighted by molar-refractivity contribution is 4.70. The first-order chi connectivity index (χ1) is 4.79. The lowest BCUT2D eigenvalue weighted by Crippen LogP contribution is -2.32. The molecule has 62 valence electrons. The first-order valence-electron chi connectivity index (χ1n) is 4.47. The highest BCUT2D eigenvalue weighted by Gasteiger charge is 2.13. The monoisotopic (exact) mass is 143 g/mol. The Morgan fingerprint density at radius 1 is 1.00 bits per heavy atom. The topological polar surface area (TPSA) is 12.0 Å². The van der Waals surface area contributed by atoms with Crippen molar-refractivity contribution in [3.05, 3.63) is 0 Å². The van der Waals surface area contributed by atoms with Gasteiger partial charge in [-0.05, 0) is 19.4 Å². The van der Waals surface area contributed by atoms with Gasteiger partial charge in [0.2, 0.25) is 0 Å². The van der Waals surface area contributed by atoms with Crippen LogP contribution in [0.1, 0.15) is 40.0 Å². The zero-order valence-corrected chi connectivity index (χ0v) is 7.78. The zero-order chi connectivity index (χ0) is 7.98. The average molecular weight is 143 g/mol. The van der Waals surface area contributed by atoms with E-state index in [0.29, 0.717) is 0 Å². The molecule has 0 radical (unpaired) electrons. The van der Waals surface area contributed by atoms with Gasteiger partial charge in [-0.3, -0.25) is 0 Å². The van der Waals surface area contributed by atoms with Crippen molar-refractivity contribution < 1.29 is 0 Å². The van der Waals surface area contributed by atoms with Crippen molar-refractivity contribution in [2.24, 2.45) is 5.92 Å². The lowest BCUT2D eigenvalue weighted by atomic mass is 9.93. The van der Waals surface area contributed by atoms with E-state index < -0.39 is 0 Å². The molecule has 0 rings (SSSR count). The van der Waals surface area contributed by atoms with Crippen LogP contribution in [0.4, 0.5) is 0 Å². The Morgan fingerprint density at radius 3 is 1.60 bits per heavy atom. The van der Waals surface area contributed by atoms with Gasteiger partial charge in [-0.25, -0.2) is 0 Å². The van der Waals surface area contributed by atoms with Crippen LogP contribution in [0.5, 0.6) is 0 Å². The average Bonchev–Trinajstić information content (AvgIpc) is 2.00. The molecule has 10 heavy (non-hydrogen) atoms. The molecule has 0 heterocycles. The van der Waals surface area contributed by atoms with Gasteiger partial charge < -0.3 is 5.32 Å². The third-order valence-electron chi connectivity index (χ3n) is 2.43. The molecular weight excluding hydrogens is 122 g/mol. The van der Waals surface area contributed by atoms with Gasteiger partial charge in [0, 0.05) is 6.04 Å². The first kappa shape index (κ1) is 9.96. The highest BCUT2D eigenvalue weighted by atomic mass is 14.9. The second kappa shape index (κ2) is 5.72. The summed E-state index contributed by atoms with van der Waals surface area (Å²) in [5.74, 6) is 0.870. The van der Waals surface area contributed by atoms with E-state index in [4.69, 9.17) is 0 Å². The van der Waals surface area contributed by atoms with Gasteiger partial charge in [-0.1, -0.05) is 33.6 Å². The third kappa shape index (κ3) is 2.70. The van der Waals surface area contributed by atoms with E-state index in [1.54, 1.807) is 0 Å². The second-order valence-electron chi connectivity index (χ2n) is 2.88.